The molecule has 0 fully saturated rings. The van der Waals surface area contributed by atoms with Crippen molar-refractivity contribution in [2.45, 2.75) is 143 Å². The molecule has 6 heteroatoms. The summed E-state index contributed by atoms with van der Waals surface area (Å²) in [6.45, 7) is 37.0. The van der Waals surface area contributed by atoms with E-state index in [1.165, 1.54) is 49.8 Å². The summed E-state index contributed by atoms with van der Waals surface area (Å²) in [6.07, 6.45) is 1.90. The van der Waals surface area contributed by atoms with Gasteiger partial charge in [-0.3, -0.25) is 0 Å². The molecule has 9 rings (SSSR count). The SMILES string of the molecule is Cc1cc2c3c(c1)c1cc(C)c(Oc4[c-]c(C5=N[C@]6(C)C(C)(C)c7c(C(C)(C)C)cc(C(C)(C)C)cc7[C@]6(C)S5)c(C)cc4C)[c-]c1n3-c1ncccc1C2(C)C.[Pt+2]. The van der Waals surface area contributed by atoms with Crippen molar-refractivity contribution in [3.63, 3.8) is 0 Å². The molecular weight excluding hydrogens is 910 g/mol. The predicted octanol–water partition coefficient (Wildman–Crippen LogP) is 13.5. The van der Waals surface area contributed by atoms with E-state index in [1.54, 1.807) is 0 Å². The number of ether oxygens (including phenoxy) is 1. The van der Waals surface area contributed by atoms with E-state index in [0.29, 0.717) is 11.5 Å². The molecule has 2 aromatic heterocycles. The maximum absolute atomic E-state index is 6.94. The van der Waals surface area contributed by atoms with Gasteiger partial charge in [0.15, 0.2) is 0 Å². The Balaban J connectivity index is 0.00000469. The van der Waals surface area contributed by atoms with E-state index in [4.69, 9.17) is 14.7 Å². The Morgan fingerprint density at radius 1 is 0.724 bits per heavy atom. The van der Waals surface area contributed by atoms with Gasteiger partial charge in [0.2, 0.25) is 0 Å². The molecule has 302 valence electrons. The quantitative estimate of drug-likeness (QED) is 0.166. The maximum Gasteiger partial charge on any atom is 2.00 e. The summed E-state index contributed by atoms with van der Waals surface area (Å²) < 4.78 is 8.98. The van der Waals surface area contributed by atoms with E-state index in [0.717, 1.165) is 44.0 Å². The zero-order valence-corrected chi connectivity index (χ0v) is 40.3. The molecule has 2 aliphatic heterocycles. The number of thioether (sulfide) groups is 1. The van der Waals surface area contributed by atoms with Crippen LogP contribution in [0.4, 0.5) is 0 Å². The maximum atomic E-state index is 6.94. The van der Waals surface area contributed by atoms with Gasteiger partial charge in [-0.05, 0) is 70.9 Å². The first-order chi connectivity index (χ1) is 26.4. The van der Waals surface area contributed by atoms with Crippen molar-refractivity contribution in [3.05, 3.63) is 128 Å². The van der Waals surface area contributed by atoms with Crippen molar-refractivity contribution in [2.75, 3.05) is 0 Å². The van der Waals surface area contributed by atoms with Gasteiger partial charge in [0.05, 0.1) is 10.3 Å². The first-order valence-corrected chi connectivity index (χ1v) is 21.4. The second-order valence-corrected chi connectivity index (χ2v) is 22.1. The van der Waals surface area contributed by atoms with Gasteiger partial charge in [0.25, 0.3) is 0 Å². The summed E-state index contributed by atoms with van der Waals surface area (Å²) in [5.41, 5.74) is 15.2. The van der Waals surface area contributed by atoms with Gasteiger partial charge in [-0.25, -0.2) is 4.98 Å². The number of hydrogen-bond donors (Lipinski definition) is 0. The van der Waals surface area contributed by atoms with Crippen molar-refractivity contribution in [3.8, 4) is 17.3 Å². The molecule has 0 saturated heterocycles. The average molecular weight is 967 g/mol. The van der Waals surface area contributed by atoms with Gasteiger partial charge in [-0.15, -0.1) is 46.0 Å². The van der Waals surface area contributed by atoms with Crippen LogP contribution in [0.25, 0.3) is 27.6 Å². The standard InChI is InChI=1S/C52H57N3OS.Pt/c1-28-20-35-34-23-31(4)42(27-40(34)55-44(35)39(21-28)49(11,12)36-18-17-19-53-45(36)55)56-41-26-33(29(2)22-30(41)3)46-54-52(16)50(13,14)43-37(48(8,9)10)24-32(47(5,6)7)25-38(43)51(52,15)57-46;/h17-25H,1-16H3;/q-2;+2/t51-,52+;/m0./s1. The Hall–Kier alpha value is -3.66. The molecule has 0 saturated carbocycles. The van der Waals surface area contributed by atoms with Crippen LogP contribution in [0, 0.1) is 39.8 Å². The van der Waals surface area contributed by atoms with Gasteiger partial charge in [0.1, 0.15) is 5.82 Å². The minimum absolute atomic E-state index is 0. The van der Waals surface area contributed by atoms with Crippen LogP contribution in [0.5, 0.6) is 11.5 Å². The molecule has 4 nitrogen and oxygen atoms in total. The first kappa shape index (κ1) is 41.1. The second kappa shape index (κ2) is 12.7. The molecule has 0 radical (unpaired) electrons. The van der Waals surface area contributed by atoms with Crippen molar-refractivity contribution in [1.82, 2.24) is 9.55 Å². The fourth-order valence-electron chi connectivity index (χ4n) is 10.3. The predicted molar refractivity (Wildman–Crippen MR) is 241 cm³/mol. The van der Waals surface area contributed by atoms with Gasteiger partial charge in [0, 0.05) is 44.6 Å². The monoisotopic (exact) mass is 966 g/mol. The largest absolute Gasteiger partial charge is 2.00 e. The minimum Gasteiger partial charge on any atom is -0.502 e. The van der Waals surface area contributed by atoms with Crippen LogP contribution in [0.2, 0.25) is 0 Å². The van der Waals surface area contributed by atoms with Gasteiger partial charge < -0.3 is 14.3 Å². The van der Waals surface area contributed by atoms with Gasteiger partial charge in [-0.1, -0.05) is 143 Å². The summed E-state index contributed by atoms with van der Waals surface area (Å²) in [5.74, 6) is 2.37. The molecule has 3 aliphatic rings. The number of aromatic nitrogens is 2. The summed E-state index contributed by atoms with van der Waals surface area (Å²) in [6, 6.07) is 26.0. The third-order valence-corrected chi connectivity index (χ3v) is 15.6. The Morgan fingerprint density at radius 3 is 2.07 bits per heavy atom. The van der Waals surface area contributed by atoms with Crippen LogP contribution >= 0.6 is 11.8 Å². The summed E-state index contributed by atoms with van der Waals surface area (Å²) in [7, 11) is 0. The zero-order valence-electron chi connectivity index (χ0n) is 37.2. The molecule has 4 aromatic carbocycles. The molecule has 58 heavy (non-hydrogen) atoms. The van der Waals surface area contributed by atoms with E-state index in [2.05, 4.69) is 170 Å². The third-order valence-electron chi connectivity index (χ3n) is 14.1. The Kier molecular flexibility index (Phi) is 8.98. The summed E-state index contributed by atoms with van der Waals surface area (Å²) in [4.78, 5) is 10.8. The summed E-state index contributed by atoms with van der Waals surface area (Å²) >= 11 is 1.91. The number of benzene rings is 4. The fraction of sp³-hybridized carbons (Fsp3) is 0.423. The smallest absolute Gasteiger partial charge is 0.502 e. The molecule has 6 aromatic rings. The molecule has 0 bridgehead atoms. The van der Waals surface area contributed by atoms with Crippen LogP contribution in [0.1, 0.15) is 144 Å². The number of rotatable bonds is 3. The van der Waals surface area contributed by atoms with E-state index < -0.39 is 0 Å². The number of aliphatic imine (C=N–C) groups is 1. The number of aryl methyl sites for hydroxylation is 4. The summed E-state index contributed by atoms with van der Waals surface area (Å²) in [5, 5.41) is 3.43. The Morgan fingerprint density at radius 2 is 1.40 bits per heavy atom. The molecule has 0 spiro atoms. The first-order valence-electron chi connectivity index (χ1n) is 20.6. The van der Waals surface area contributed by atoms with E-state index in [9.17, 15) is 0 Å². The molecule has 0 amide bonds. The van der Waals surface area contributed by atoms with Crippen LogP contribution < -0.4 is 4.74 Å². The molecule has 2 atom stereocenters. The fourth-order valence-corrected chi connectivity index (χ4v) is 12.0. The van der Waals surface area contributed by atoms with Crippen LogP contribution in [-0.4, -0.2) is 20.1 Å². The Bertz CT molecular complexity index is 2790. The van der Waals surface area contributed by atoms with E-state index in [-0.39, 0.29) is 53.0 Å². The molecule has 0 N–H and O–H groups in total. The van der Waals surface area contributed by atoms with Crippen LogP contribution in [0.15, 0.2) is 59.7 Å². The average Bonchev–Trinajstić information content (AvgIpc) is 3.62. The van der Waals surface area contributed by atoms with Crippen molar-refractivity contribution in [1.29, 1.82) is 0 Å². The Labute approximate surface area is 365 Å². The zero-order chi connectivity index (χ0) is 41.2. The molecule has 0 unspecified atom stereocenters. The molecule has 1 aliphatic carbocycles. The minimum atomic E-state index is -0.380. The molecule has 4 heterocycles. The number of pyridine rings is 1. The normalized spacial score (nSPS) is 21.4. The van der Waals surface area contributed by atoms with Crippen molar-refractivity contribution >= 4 is 38.6 Å². The van der Waals surface area contributed by atoms with Crippen molar-refractivity contribution in [2.24, 2.45) is 4.99 Å². The molecular formula is C52H57N3OPtS. The van der Waals surface area contributed by atoms with Crippen molar-refractivity contribution < 1.29 is 25.8 Å². The van der Waals surface area contributed by atoms with Gasteiger partial charge >= 0.3 is 21.1 Å². The van der Waals surface area contributed by atoms with Crippen LogP contribution in [0.3, 0.4) is 0 Å². The van der Waals surface area contributed by atoms with E-state index >= 15 is 0 Å². The topological polar surface area (TPSA) is 39.4 Å². The van der Waals surface area contributed by atoms with E-state index in [1.807, 2.05) is 24.0 Å². The van der Waals surface area contributed by atoms with Crippen LogP contribution in [-0.2, 0) is 47.5 Å². The third kappa shape index (κ3) is 5.43. The number of fused-ring (bicyclic) bond motifs is 8. The van der Waals surface area contributed by atoms with Gasteiger partial charge in [-0.2, -0.15) is 6.07 Å². The second-order valence-electron chi connectivity index (χ2n) is 20.7. The number of hydrogen-bond acceptors (Lipinski definition) is 4. The number of nitrogens with zero attached hydrogens (tertiary/aromatic N) is 3.